The maximum absolute atomic E-state index is 12.2. The van der Waals surface area contributed by atoms with Crippen LogP contribution in [-0.4, -0.2) is 35.3 Å². The number of benzene rings is 1. The van der Waals surface area contributed by atoms with E-state index < -0.39 is 0 Å². The number of aliphatic hydroxyl groups is 1. The third-order valence-corrected chi connectivity index (χ3v) is 4.13. The fourth-order valence-corrected chi connectivity index (χ4v) is 3.08. The van der Waals surface area contributed by atoms with Crippen molar-refractivity contribution < 1.29 is 14.6 Å². The van der Waals surface area contributed by atoms with E-state index in [4.69, 9.17) is 4.74 Å². The first-order valence-corrected chi connectivity index (χ1v) is 7.04. The zero-order valence-electron chi connectivity index (χ0n) is 11.3. The van der Waals surface area contributed by atoms with Gasteiger partial charge >= 0.3 is 6.09 Å². The minimum atomic E-state index is -0.286. The van der Waals surface area contributed by atoms with Crippen LogP contribution in [0.1, 0.15) is 12.0 Å². The Morgan fingerprint density at radius 2 is 2.10 bits per heavy atom. The number of piperidine rings is 1. The molecule has 1 N–H and O–H groups in total. The largest absolute Gasteiger partial charge is 0.445 e. The topological polar surface area (TPSA) is 49.8 Å². The molecule has 2 bridgehead atoms. The van der Waals surface area contributed by atoms with Crippen LogP contribution in [0.25, 0.3) is 0 Å². The molecule has 20 heavy (non-hydrogen) atoms. The number of ether oxygens (including phenoxy) is 1. The summed E-state index contributed by atoms with van der Waals surface area (Å²) in [5, 5.41) is 9.41. The van der Waals surface area contributed by atoms with Gasteiger partial charge in [0.15, 0.2) is 0 Å². The number of rotatable bonds is 3. The van der Waals surface area contributed by atoms with Gasteiger partial charge in [0.05, 0.1) is 6.04 Å². The molecule has 1 saturated heterocycles. The Labute approximate surface area is 118 Å². The highest BCUT2D eigenvalue weighted by atomic mass is 16.6. The minimum Gasteiger partial charge on any atom is -0.445 e. The maximum atomic E-state index is 12.2. The van der Waals surface area contributed by atoms with Gasteiger partial charge in [0.2, 0.25) is 0 Å². The summed E-state index contributed by atoms with van der Waals surface area (Å²) in [6.07, 6.45) is 4.85. The molecule has 4 heteroatoms. The van der Waals surface area contributed by atoms with Crippen LogP contribution in [0.4, 0.5) is 4.79 Å². The molecule has 0 unspecified atom stereocenters. The zero-order valence-corrected chi connectivity index (χ0v) is 11.3. The number of carbonyl (C=O) groups excluding carboxylic acids is 1. The van der Waals surface area contributed by atoms with E-state index in [1.165, 1.54) is 0 Å². The smallest absolute Gasteiger partial charge is 0.410 e. The van der Waals surface area contributed by atoms with Gasteiger partial charge in [-0.3, -0.25) is 0 Å². The highest BCUT2D eigenvalue weighted by Gasteiger charge is 2.40. The number of hydrogen-bond donors (Lipinski definition) is 1. The molecule has 2 aliphatic heterocycles. The molecule has 4 rings (SSSR count). The van der Waals surface area contributed by atoms with Crippen LogP contribution in [0.5, 0.6) is 0 Å². The molecule has 4 nitrogen and oxygen atoms in total. The Hall–Kier alpha value is -1.81. The molecule has 1 fully saturated rings. The quantitative estimate of drug-likeness (QED) is 0.859. The lowest BCUT2D eigenvalue weighted by atomic mass is 9.78. The van der Waals surface area contributed by atoms with Gasteiger partial charge in [0.25, 0.3) is 0 Å². The second-order valence-corrected chi connectivity index (χ2v) is 5.51. The molecule has 1 amide bonds. The molecule has 106 valence electrons. The number of hydrogen-bond acceptors (Lipinski definition) is 3. The van der Waals surface area contributed by atoms with Crippen molar-refractivity contribution >= 4 is 6.09 Å². The number of nitrogens with zero attached hydrogens (tertiary/aromatic N) is 1. The molecular weight excluding hydrogens is 254 g/mol. The van der Waals surface area contributed by atoms with E-state index in [1.54, 1.807) is 4.90 Å². The van der Waals surface area contributed by atoms with Gasteiger partial charge in [-0.1, -0.05) is 42.5 Å². The van der Waals surface area contributed by atoms with Crippen LogP contribution in [0.3, 0.4) is 0 Å². The average molecular weight is 273 g/mol. The number of aliphatic hydroxyl groups excluding tert-OH is 1. The second-order valence-electron chi connectivity index (χ2n) is 5.51. The normalized spacial score (nSPS) is 27.6. The summed E-state index contributed by atoms with van der Waals surface area (Å²) in [6.45, 7) is 1.11. The highest BCUT2D eigenvalue weighted by molar-refractivity contribution is 5.69. The SMILES string of the molecule is O=C(OCc1ccccc1)N1C[C@@H]2C=C[C@H]1[C@@H](CO)C2. The van der Waals surface area contributed by atoms with Crippen molar-refractivity contribution in [2.75, 3.05) is 13.2 Å². The van der Waals surface area contributed by atoms with Gasteiger partial charge in [-0.25, -0.2) is 4.79 Å². The summed E-state index contributed by atoms with van der Waals surface area (Å²) in [7, 11) is 0. The van der Waals surface area contributed by atoms with Gasteiger partial charge in [0.1, 0.15) is 6.61 Å². The Bertz CT molecular complexity index is 500. The van der Waals surface area contributed by atoms with E-state index in [2.05, 4.69) is 6.08 Å². The molecule has 0 radical (unpaired) electrons. The molecule has 1 aliphatic carbocycles. The number of carbonyl (C=O) groups is 1. The zero-order chi connectivity index (χ0) is 13.9. The lowest BCUT2D eigenvalue weighted by Gasteiger charge is -2.45. The molecule has 3 aliphatic rings. The van der Waals surface area contributed by atoms with Crippen LogP contribution in [0.2, 0.25) is 0 Å². The van der Waals surface area contributed by atoms with Crippen molar-refractivity contribution in [2.45, 2.75) is 19.1 Å². The second kappa shape index (κ2) is 5.67. The Morgan fingerprint density at radius 3 is 2.80 bits per heavy atom. The molecule has 3 atom stereocenters. The number of fused-ring (bicyclic) bond motifs is 2. The van der Waals surface area contributed by atoms with Crippen molar-refractivity contribution in [1.82, 2.24) is 4.90 Å². The molecule has 0 saturated carbocycles. The molecule has 0 spiro atoms. The van der Waals surface area contributed by atoms with E-state index in [9.17, 15) is 9.90 Å². The predicted octanol–water partition coefficient (Wildman–Crippen LogP) is 2.19. The van der Waals surface area contributed by atoms with Gasteiger partial charge in [-0.2, -0.15) is 0 Å². The maximum Gasteiger partial charge on any atom is 0.410 e. The lowest BCUT2D eigenvalue weighted by Crippen LogP contribution is -2.53. The van der Waals surface area contributed by atoms with E-state index in [0.717, 1.165) is 12.0 Å². The summed E-state index contributed by atoms with van der Waals surface area (Å²) in [5.74, 6) is 0.490. The van der Waals surface area contributed by atoms with Gasteiger partial charge in [-0.15, -0.1) is 0 Å². The Morgan fingerprint density at radius 1 is 1.30 bits per heavy atom. The van der Waals surface area contributed by atoms with Crippen molar-refractivity contribution in [3.8, 4) is 0 Å². The van der Waals surface area contributed by atoms with Crippen molar-refractivity contribution in [3.05, 3.63) is 48.0 Å². The first-order chi connectivity index (χ1) is 9.78. The van der Waals surface area contributed by atoms with Gasteiger partial charge < -0.3 is 14.7 Å². The summed E-state index contributed by atoms with van der Waals surface area (Å²) in [5.41, 5.74) is 0.984. The summed E-state index contributed by atoms with van der Waals surface area (Å²) in [6, 6.07) is 9.64. The molecule has 1 aromatic carbocycles. The Kier molecular flexibility index (Phi) is 3.74. The fourth-order valence-electron chi connectivity index (χ4n) is 3.08. The Balaban J connectivity index is 1.62. The van der Waals surface area contributed by atoms with E-state index in [0.29, 0.717) is 19.1 Å². The van der Waals surface area contributed by atoms with E-state index in [1.807, 2.05) is 36.4 Å². The standard InChI is InChI=1S/C16H19NO3/c18-10-14-8-13-6-7-15(14)17(9-13)16(19)20-11-12-4-2-1-3-5-12/h1-7,13-15,18H,8-11H2/t13-,14-,15+/m1/s1. The monoisotopic (exact) mass is 273 g/mol. The molecular formula is C16H19NO3. The van der Waals surface area contributed by atoms with Crippen molar-refractivity contribution in [2.24, 2.45) is 11.8 Å². The van der Waals surface area contributed by atoms with Crippen molar-refractivity contribution in [3.63, 3.8) is 0 Å². The highest BCUT2D eigenvalue weighted by Crippen LogP contribution is 2.34. The third kappa shape index (κ3) is 2.56. The van der Waals surface area contributed by atoms with E-state index in [-0.39, 0.29) is 24.7 Å². The molecule has 1 aromatic rings. The van der Waals surface area contributed by atoms with Gasteiger partial charge in [-0.05, 0) is 17.9 Å². The first kappa shape index (κ1) is 13.2. The van der Waals surface area contributed by atoms with Crippen LogP contribution in [0, 0.1) is 11.8 Å². The lowest BCUT2D eigenvalue weighted by molar-refractivity contribution is 0.0294. The van der Waals surface area contributed by atoms with Crippen molar-refractivity contribution in [1.29, 1.82) is 0 Å². The predicted molar refractivity (Wildman–Crippen MR) is 74.9 cm³/mol. The summed E-state index contributed by atoms with van der Waals surface area (Å²) >= 11 is 0. The molecule has 2 heterocycles. The van der Waals surface area contributed by atoms with Crippen LogP contribution >= 0.6 is 0 Å². The first-order valence-electron chi connectivity index (χ1n) is 7.04. The third-order valence-electron chi connectivity index (χ3n) is 4.13. The van der Waals surface area contributed by atoms with E-state index >= 15 is 0 Å². The molecule has 0 aromatic heterocycles. The average Bonchev–Trinajstić information content (AvgIpc) is 2.53. The van der Waals surface area contributed by atoms with Crippen LogP contribution < -0.4 is 0 Å². The summed E-state index contributed by atoms with van der Waals surface area (Å²) in [4.78, 5) is 14.0. The number of amides is 1. The van der Waals surface area contributed by atoms with Crippen LogP contribution in [-0.2, 0) is 11.3 Å². The minimum absolute atomic E-state index is 0.0201. The summed E-state index contributed by atoms with van der Waals surface area (Å²) < 4.78 is 5.38. The van der Waals surface area contributed by atoms with Crippen LogP contribution in [0.15, 0.2) is 42.5 Å². The fraction of sp³-hybridized carbons (Fsp3) is 0.438. The van der Waals surface area contributed by atoms with Gasteiger partial charge in [0, 0.05) is 19.1 Å².